The standard InChI is InChI=1S/C12H14BNO2/c1-7-4-5-8(6-9(7)13)10-11(15)12(2,3)16-14-10/h4-6,11,15H,1-3H3. The van der Waals surface area contributed by atoms with Crippen LogP contribution in [0, 0.1) is 6.92 Å². The van der Waals surface area contributed by atoms with Crippen LogP contribution in [-0.4, -0.2) is 30.4 Å². The van der Waals surface area contributed by atoms with Gasteiger partial charge in [0.1, 0.15) is 19.7 Å². The molecular weight excluding hydrogens is 201 g/mol. The van der Waals surface area contributed by atoms with Gasteiger partial charge in [0.15, 0.2) is 5.60 Å². The van der Waals surface area contributed by atoms with Crippen LogP contribution in [0.15, 0.2) is 23.4 Å². The van der Waals surface area contributed by atoms with Gasteiger partial charge in [0.25, 0.3) is 0 Å². The minimum atomic E-state index is -0.727. The first-order valence-electron chi connectivity index (χ1n) is 5.22. The van der Waals surface area contributed by atoms with Crippen molar-refractivity contribution >= 4 is 19.0 Å². The second-order valence-electron chi connectivity index (χ2n) is 4.65. The molecule has 2 rings (SSSR count). The molecule has 1 N–H and O–H groups in total. The minimum absolute atomic E-state index is 0.539. The van der Waals surface area contributed by atoms with E-state index in [1.807, 2.05) is 25.1 Å². The van der Waals surface area contributed by atoms with E-state index in [4.69, 9.17) is 12.7 Å². The van der Waals surface area contributed by atoms with Gasteiger partial charge in [-0.25, -0.2) is 0 Å². The maximum absolute atomic E-state index is 10.0. The molecule has 1 aliphatic rings. The van der Waals surface area contributed by atoms with E-state index in [1.54, 1.807) is 13.8 Å². The lowest BCUT2D eigenvalue weighted by Gasteiger charge is -2.20. The second-order valence-corrected chi connectivity index (χ2v) is 4.65. The fourth-order valence-corrected chi connectivity index (χ4v) is 1.61. The van der Waals surface area contributed by atoms with Crippen LogP contribution in [0.5, 0.6) is 0 Å². The van der Waals surface area contributed by atoms with Crippen molar-refractivity contribution in [2.75, 3.05) is 0 Å². The summed E-state index contributed by atoms with van der Waals surface area (Å²) in [6, 6.07) is 5.60. The van der Waals surface area contributed by atoms with Crippen LogP contribution in [0.25, 0.3) is 0 Å². The summed E-state index contributed by atoms with van der Waals surface area (Å²) >= 11 is 0. The van der Waals surface area contributed by atoms with E-state index in [1.165, 1.54) is 0 Å². The molecule has 16 heavy (non-hydrogen) atoms. The Morgan fingerprint density at radius 1 is 1.44 bits per heavy atom. The van der Waals surface area contributed by atoms with E-state index < -0.39 is 11.7 Å². The molecule has 1 atom stereocenters. The lowest BCUT2D eigenvalue weighted by molar-refractivity contribution is -0.0476. The molecule has 0 spiro atoms. The summed E-state index contributed by atoms with van der Waals surface area (Å²) in [6.45, 7) is 5.53. The molecule has 0 fully saturated rings. The maximum atomic E-state index is 10.0. The van der Waals surface area contributed by atoms with E-state index in [-0.39, 0.29) is 0 Å². The van der Waals surface area contributed by atoms with Crippen molar-refractivity contribution in [2.45, 2.75) is 32.5 Å². The van der Waals surface area contributed by atoms with Crippen molar-refractivity contribution in [3.63, 3.8) is 0 Å². The van der Waals surface area contributed by atoms with Crippen LogP contribution in [0.3, 0.4) is 0 Å². The van der Waals surface area contributed by atoms with E-state index in [9.17, 15) is 5.11 Å². The van der Waals surface area contributed by atoms with Gasteiger partial charge in [0.05, 0.1) is 0 Å². The molecule has 0 saturated carbocycles. The highest BCUT2D eigenvalue weighted by Crippen LogP contribution is 2.26. The monoisotopic (exact) mass is 215 g/mol. The summed E-state index contributed by atoms with van der Waals surface area (Å²) in [5.74, 6) is 0. The molecule has 1 heterocycles. The number of aliphatic hydroxyl groups excluding tert-OH is 1. The Labute approximate surface area is 96.5 Å². The minimum Gasteiger partial charge on any atom is -0.386 e. The number of nitrogens with zero attached hydrogens (tertiary/aromatic N) is 1. The van der Waals surface area contributed by atoms with E-state index in [2.05, 4.69) is 5.16 Å². The average Bonchev–Trinajstić information content (AvgIpc) is 2.48. The van der Waals surface area contributed by atoms with E-state index >= 15 is 0 Å². The Kier molecular flexibility index (Phi) is 2.54. The van der Waals surface area contributed by atoms with Gasteiger partial charge < -0.3 is 9.94 Å². The van der Waals surface area contributed by atoms with Crippen molar-refractivity contribution in [2.24, 2.45) is 5.16 Å². The second kappa shape index (κ2) is 3.63. The third kappa shape index (κ3) is 1.73. The molecular formula is C12H14BNO2. The highest BCUT2D eigenvalue weighted by atomic mass is 16.7. The average molecular weight is 215 g/mol. The smallest absolute Gasteiger partial charge is 0.163 e. The number of oxime groups is 1. The van der Waals surface area contributed by atoms with Gasteiger partial charge in [-0.2, -0.15) is 0 Å². The summed E-state index contributed by atoms with van der Waals surface area (Å²) < 4.78 is 0. The predicted molar refractivity (Wildman–Crippen MR) is 64.3 cm³/mol. The van der Waals surface area contributed by atoms with Crippen LogP contribution in [0.2, 0.25) is 0 Å². The molecule has 2 radical (unpaired) electrons. The van der Waals surface area contributed by atoms with Gasteiger partial charge in [-0.3, -0.25) is 0 Å². The van der Waals surface area contributed by atoms with E-state index in [0.717, 1.165) is 11.1 Å². The number of hydrogen-bond donors (Lipinski definition) is 1. The zero-order valence-corrected chi connectivity index (χ0v) is 9.69. The third-order valence-corrected chi connectivity index (χ3v) is 2.87. The van der Waals surface area contributed by atoms with Gasteiger partial charge in [-0.1, -0.05) is 34.4 Å². The molecule has 1 aromatic carbocycles. The summed E-state index contributed by atoms with van der Waals surface area (Å²) in [5.41, 5.74) is 2.38. The fraction of sp³-hybridized carbons (Fsp3) is 0.417. The Bertz CT molecular complexity index is 454. The van der Waals surface area contributed by atoms with Gasteiger partial charge in [-0.05, 0) is 20.8 Å². The molecule has 1 unspecified atom stereocenters. The summed E-state index contributed by atoms with van der Waals surface area (Å²) in [4.78, 5) is 5.19. The summed E-state index contributed by atoms with van der Waals surface area (Å²) in [6.07, 6.45) is -0.727. The van der Waals surface area contributed by atoms with Crippen LogP contribution >= 0.6 is 0 Å². The van der Waals surface area contributed by atoms with Gasteiger partial charge in [0, 0.05) is 5.56 Å². The number of aryl methyl sites for hydroxylation is 1. The van der Waals surface area contributed by atoms with Crippen LogP contribution < -0.4 is 5.46 Å². The summed E-state index contributed by atoms with van der Waals surface area (Å²) in [5, 5.41) is 14.0. The Morgan fingerprint density at radius 2 is 2.12 bits per heavy atom. The molecule has 0 bridgehead atoms. The zero-order chi connectivity index (χ0) is 11.9. The Morgan fingerprint density at radius 3 is 2.62 bits per heavy atom. The Balaban J connectivity index is 2.36. The molecule has 0 amide bonds. The van der Waals surface area contributed by atoms with Crippen molar-refractivity contribution in [1.82, 2.24) is 0 Å². The predicted octanol–water partition coefficient (Wildman–Crippen LogP) is 0.663. The molecule has 3 nitrogen and oxygen atoms in total. The summed E-state index contributed by atoms with van der Waals surface area (Å²) in [7, 11) is 5.82. The lowest BCUT2D eigenvalue weighted by Crippen LogP contribution is -2.38. The molecule has 0 aromatic heterocycles. The topological polar surface area (TPSA) is 41.8 Å². The van der Waals surface area contributed by atoms with Crippen LogP contribution in [-0.2, 0) is 4.84 Å². The van der Waals surface area contributed by atoms with Crippen molar-refractivity contribution in [1.29, 1.82) is 0 Å². The van der Waals surface area contributed by atoms with E-state index in [0.29, 0.717) is 11.2 Å². The molecule has 4 heteroatoms. The number of hydrogen-bond acceptors (Lipinski definition) is 3. The first-order chi connectivity index (χ1) is 7.42. The SMILES string of the molecule is [B]c1cc(C2=NOC(C)(C)C2O)ccc1C. The van der Waals surface area contributed by atoms with Crippen LogP contribution in [0.1, 0.15) is 25.0 Å². The van der Waals surface area contributed by atoms with Gasteiger partial charge in [-0.15, -0.1) is 0 Å². The molecule has 1 aliphatic heterocycles. The first-order valence-corrected chi connectivity index (χ1v) is 5.22. The van der Waals surface area contributed by atoms with Gasteiger partial charge in [0.2, 0.25) is 0 Å². The highest BCUT2D eigenvalue weighted by Gasteiger charge is 2.40. The number of benzene rings is 1. The highest BCUT2D eigenvalue weighted by molar-refractivity contribution is 6.33. The quantitative estimate of drug-likeness (QED) is 0.699. The molecule has 1 aromatic rings. The number of rotatable bonds is 1. The fourth-order valence-electron chi connectivity index (χ4n) is 1.61. The number of aliphatic hydroxyl groups is 1. The zero-order valence-electron chi connectivity index (χ0n) is 9.69. The third-order valence-electron chi connectivity index (χ3n) is 2.87. The largest absolute Gasteiger partial charge is 0.386 e. The lowest BCUT2D eigenvalue weighted by atomic mass is 9.86. The van der Waals surface area contributed by atoms with Crippen LogP contribution in [0.4, 0.5) is 0 Å². The molecule has 82 valence electrons. The van der Waals surface area contributed by atoms with Gasteiger partial charge >= 0.3 is 0 Å². The normalized spacial score (nSPS) is 22.8. The Hall–Kier alpha value is -1.29. The van der Waals surface area contributed by atoms with Crippen molar-refractivity contribution in [3.05, 3.63) is 29.3 Å². The van der Waals surface area contributed by atoms with Crippen molar-refractivity contribution < 1.29 is 9.94 Å². The first kappa shape index (κ1) is 11.2. The maximum Gasteiger partial charge on any atom is 0.163 e. The molecule has 0 saturated heterocycles. The van der Waals surface area contributed by atoms with Crippen molar-refractivity contribution in [3.8, 4) is 0 Å². The molecule has 0 aliphatic carbocycles.